The van der Waals surface area contributed by atoms with Crippen molar-refractivity contribution in [3.05, 3.63) is 45.9 Å². The van der Waals surface area contributed by atoms with E-state index in [4.69, 9.17) is 4.74 Å². The van der Waals surface area contributed by atoms with Crippen molar-refractivity contribution in [1.29, 1.82) is 0 Å². The van der Waals surface area contributed by atoms with Gasteiger partial charge < -0.3 is 9.64 Å². The largest absolute Gasteiger partial charge is 0.487 e. The third kappa shape index (κ3) is 6.04. The van der Waals surface area contributed by atoms with Crippen molar-refractivity contribution in [2.45, 2.75) is 40.3 Å². The topological polar surface area (TPSA) is 76.6 Å². The molecule has 8 heteroatoms. The highest BCUT2D eigenvalue weighted by Crippen LogP contribution is 2.18. The maximum Gasteiger partial charge on any atom is 0.254 e. The van der Waals surface area contributed by atoms with Crippen LogP contribution in [0.25, 0.3) is 0 Å². The average Bonchev–Trinajstić information content (AvgIpc) is 3.05. The maximum atomic E-state index is 12.9. The summed E-state index contributed by atoms with van der Waals surface area (Å²) >= 11 is 1.56. The molecule has 2 rings (SSSR count). The van der Waals surface area contributed by atoms with E-state index >= 15 is 0 Å². The van der Waals surface area contributed by atoms with Gasteiger partial charge >= 0.3 is 0 Å². The normalized spacial score (nSPS) is 12.6. The molecule has 1 unspecified atom stereocenters. The second-order valence-electron chi connectivity index (χ2n) is 6.31. The van der Waals surface area contributed by atoms with Crippen molar-refractivity contribution in [3.63, 3.8) is 0 Å². The number of aryl methyl sites for hydroxylation is 1. The van der Waals surface area contributed by atoms with Crippen LogP contribution in [0.4, 0.5) is 0 Å². The van der Waals surface area contributed by atoms with E-state index in [0.29, 0.717) is 24.5 Å². The van der Waals surface area contributed by atoms with Crippen molar-refractivity contribution in [1.82, 2.24) is 9.88 Å². The number of sulfone groups is 1. The molecule has 1 aromatic carbocycles. The first kappa shape index (κ1) is 21.4. The first-order chi connectivity index (χ1) is 12.8. The van der Waals surface area contributed by atoms with Gasteiger partial charge in [-0.15, -0.1) is 11.3 Å². The zero-order valence-electron chi connectivity index (χ0n) is 16.1. The summed E-state index contributed by atoms with van der Waals surface area (Å²) < 4.78 is 29.5. The fourth-order valence-electron chi connectivity index (χ4n) is 2.75. The van der Waals surface area contributed by atoms with Crippen LogP contribution < -0.4 is 4.74 Å². The number of ether oxygens (including phenoxy) is 1. The third-order valence-corrected chi connectivity index (χ3v) is 6.90. The second kappa shape index (κ2) is 9.32. The van der Waals surface area contributed by atoms with E-state index < -0.39 is 15.9 Å². The SMILES string of the molecule is CCN(C(=O)c1cccc(OCc2csc(C)n2)c1)C(C)CS(=O)(=O)CC. The Kier molecular flexibility index (Phi) is 7.38. The van der Waals surface area contributed by atoms with Crippen LogP contribution >= 0.6 is 11.3 Å². The molecule has 0 spiro atoms. The number of hydrogen-bond acceptors (Lipinski definition) is 6. The summed E-state index contributed by atoms with van der Waals surface area (Å²) in [6, 6.07) is 6.56. The minimum absolute atomic E-state index is 0.0392. The van der Waals surface area contributed by atoms with Crippen molar-refractivity contribution in [2.75, 3.05) is 18.1 Å². The lowest BCUT2D eigenvalue weighted by atomic mass is 10.1. The molecule has 1 amide bonds. The van der Waals surface area contributed by atoms with E-state index in [9.17, 15) is 13.2 Å². The fourth-order valence-corrected chi connectivity index (χ4v) is 4.50. The van der Waals surface area contributed by atoms with Crippen LogP contribution in [0.3, 0.4) is 0 Å². The van der Waals surface area contributed by atoms with Gasteiger partial charge in [0.15, 0.2) is 9.84 Å². The van der Waals surface area contributed by atoms with Crippen molar-refractivity contribution < 1.29 is 17.9 Å². The predicted molar refractivity (Wildman–Crippen MR) is 108 cm³/mol. The Morgan fingerprint density at radius 2 is 2.07 bits per heavy atom. The van der Waals surface area contributed by atoms with Crippen LogP contribution in [0.2, 0.25) is 0 Å². The van der Waals surface area contributed by atoms with Gasteiger partial charge in [0.25, 0.3) is 5.91 Å². The summed E-state index contributed by atoms with van der Waals surface area (Å²) in [5.41, 5.74) is 1.33. The zero-order valence-corrected chi connectivity index (χ0v) is 17.8. The smallest absolute Gasteiger partial charge is 0.254 e. The molecule has 27 heavy (non-hydrogen) atoms. The average molecular weight is 411 g/mol. The number of carbonyl (C=O) groups is 1. The minimum Gasteiger partial charge on any atom is -0.487 e. The van der Waals surface area contributed by atoms with Crippen LogP contribution in [0.15, 0.2) is 29.6 Å². The van der Waals surface area contributed by atoms with Gasteiger partial charge in [-0.05, 0) is 39.0 Å². The molecular formula is C19H26N2O4S2. The van der Waals surface area contributed by atoms with Gasteiger partial charge in [-0.25, -0.2) is 13.4 Å². The summed E-state index contributed by atoms with van der Waals surface area (Å²) in [6.07, 6.45) is 0. The number of benzene rings is 1. The van der Waals surface area contributed by atoms with E-state index in [1.807, 2.05) is 19.2 Å². The molecule has 0 aliphatic carbocycles. The number of aromatic nitrogens is 1. The van der Waals surface area contributed by atoms with Crippen LogP contribution in [0.5, 0.6) is 5.75 Å². The first-order valence-electron chi connectivity index (χ1n) is 8.91. The molecule has 0 aliphatic rings. The number of carbonyl (C=O) groups excluding carboxylic acids is 1. The van der Waals surface area contributed by atoms with Crippen LogP contribution in [-0.4, -0.2) is 48.3 Å². The van der Waals surface area contributed by atoms with E-state index in [2.05, 4.69) is 4.98 Å². The standard InChI is InChI=1S/C19H26N2O4S2/c1-5-21(14(3)13-27(23,24)6-2)19(22)16-8-7-9-18(10-16)25-11-17-12-26-15(4)20-17/h7-10,12,14H,5-6,11,13H2,1-4H3. The zero-order chi connectivity index (χ0) is 20.0. The summed E-state index contributed by atoms with van der Waals surface area (Å²) in [5.74, 6) is 0.410. The molecule has 0 N–H and O–H groups in total. The van der Waals surface area contributed by atoms with E-state index in [0.717, 1.165) is 10.7 Å². The van der Waals surface area contributed by atoms with Gasteiger partial charge in [0.05, 0.1) is 16.5 Å². The van der Waals surface area contributed by atoms with Gasteiger partial charge in [0.2, 0.25) is 0 Å². The van der Waals surface area contributed by atoms with E-state index in [1.165, 1.54) is 0 Å². The Bertz CT molecular complexity index is 877. The maximum absolute atomic E-state index is 12.9. The van der Waals surface area contributed by atoms with Crippen molar-refractivity contribution in [3.8, 4) is 5.75 Å². The van der Waals surface area contributed by atoms with Gasteiger partial charge in [-0.3, -0.25) is 4.79 Å². The second-order valence-corrected chi connectivity index (χ2v) is 9.77. The number of thiazole rings is 1. The molecule has 0 bridgehead atoms. The highest BCUT2D eigenvalue weighted by atomic mass is 32.2. The molecule has 0 saturated carbocycles. The molecular weight excluding hydrogens is 384 g/mol. The molecule has 1 atom stereocenters. The lowest BCUT2D eigenvalue weighted by Gasteiger charge is -2.28. The van der Waals surface area contributed by atoms with Crippen LogP contribution in [-0.2, 0) is 16.4 Å². The molecule has 2 aromatic rings. The van der Waals surface area contributed by atoms with E-state index in [1.54, 1.807) is 54.3 Å². The summed E-state index contributed by atoms with van der Waals surface area (Å²) in [6.45, 7) is 7.93. The third-order valence-electron chi connectivity index (χ3n) is 4.20. The Hall–Kier alpha value is -1.93. The van der Waals surface area contributed by atoms with Gasteiger partial charge in [-0.2, -0.15) is 0 Å². The number of rotatable bonds is 9. The number of amides is 1. The van der Waals surface area contributed by atoms with Gasteiger partial charge in [-0.1, -0.05) is 13.0 Å². The molecule has 1 aromatic heterocycles. The fraction of sp³-hybridized carbons (Fsp3) is 0.474. The van der Waals surface area contributed by atoms with Crippen LogP contribution in [0, 0.1) is 6.92 Å². The number of nitrogens with zero attached hydrogens (tertiary/aromatic N) is 2. The van der Waals surface area contributed by atoms with Crippen LogP contribution in [0.1, 0.15) is 41.8 Å². The molecule has 0 aliphatic heterocycles. The highest BCUT2D eigenvalue weighted by Gasteiger charge is 2.24. The molecule has 0 saturated heterocycles. The monoisotopic (exact) mass is 410 g/mol. The Morgan fingerprint density at radius 3 is 2.67 bits per heavy atom. The van der Waals surface area contributed by atoms with Crippen molar-refractivity contribution >= 4 is 27.1 Å². The Labute approximate surface area is 165 Å². The molecule has 6 nitrogen and oxygen atoms in total. The quantitative estimate of drug-likeness (QED) is 0.634. The van der Waals surface area contributed by atoms with Gasteiger partial charge in [0.1, 0.15) is 12.4 Å². The summed E-state index contributed by atoms with van der Waals surface area (Å²) in [4.78, 5) is 18.8. The Balaban J connectivity index is 2.09. The summed E-state index contributed by atoms with van der Waals surface area (Å²) in [5, 5.41) is 2.92. The Morgan fingerprint density at radius 1 is 1.33 bits per heavy atom. The number of hydrogen-bond donors (Lipinski definition) is 0. The molecule has 0 radical (unpaired) electrons. The lowest BCUT2D eigenvalue weighted by molar-refractivity contribution is 0.0718. The molecule has 1 heterocycles. The highest BCUT2D eigenvalue weighted by molar-refractivity contribution is 7.91. The lowest BCUT2D eigenvalue weighted by Crippen LogP contribution is -2.42. The molecule has 148 valence electrons. The predicted octanol–water partition coefficient (Wildman–Crippen LogP) is 3.32. The minimum atomic E-state index is -3.16. The molecule has 0 fully saturated rings. The van der Waals surface area contributed by atoms with Crippen molar-refractivity contribution in [2.24, 2.45) is 0 Å². The van der Waals surface area contributed by atoms with E-state index in [-0.39, 0.29) is 17.4 Å². The first-order valence-corrected chi connectivity index (χ1v) is 11.6. The van der Waals surface area contributed by atoms with Gasteiger partial charge in [0, 0.05) is 29.3 Å². The summed E-state index contributed by atoms with van der Waals surface area (Å²) in [7, 11) is -3.16.